The minimum absolute atomic E-state index is 0.147. The Bertz CT molecular complexity index is 610. The summed E-state index contributed by atoms with van der Waals surface area (Å²) in [5.41, 5.74) is 2.09. The molecule has 0 aliphatic carbocycles. The van der Waals surface area contributed by atoms with Gasteiger partial charge in [-0.25, -0.2) is 0 Å². The lowest BCUT2D eigenvalue weighted by Crippen LogP contribution is -2.35. The van der Waals surface area contributed by atoms with Crippen LogP contribution in [0.1, 0.15) is 18.1 Å². The van der Waals surface area contributed by atoms with Crippen LogP contribution in [0.4, 0.5) is 0 Å². The highest BCUT2D eigenvalue weighted by Gasteiger charge is 2.14. The molecular weight excluding hydrogens is 286 g/mol. The molecule has 2 aromatic rings. The van der Waals surface area contributed by atoms with Gasteiger partial charge < -0.3 is 10.1 Å². The molecular formula is C17H18ClNO2. The van der Waals surface area contributed by atoms with Crippen molar-refractivity contribution in [3.05, 3.63) is 64.7 Å². The Hall–Kier alpha value is -2.00. The first-order chi connectivity index (χ1) is 10.0. The van der Waals surface area contributed by atoms with E-state index < -0.39 is 6.10 Å². The quantitative estimate of drug-likeness (QED) is 0.914. The Morgan fingerprint density at radius 2 is 1.95 bits per heavy atom. The van der Waals surface area contributed by atoms with Crippen molar-refractivity contribution in [3.63, 3.8) is 0 Å². The second-order valence-electron chi connectivity index (χ2n) is 4.92. The van der Waals surface area contributed by atoms with Crippen molar-refractivity contribution in [2.24, 2.45) is 0 Å². The van der Waals surface area contributed by atoms with Crippen LogP contribution in [0.5, 0.6) is 5.75 Å². The third-order valence-corrected chi connectivity index (χ3v) is 3.30. The summed E-state index contributed by atoms with van der Waals surface area (Å²) < 4.78 is 5.63. The number of hydrogen-bond donors (Lipinski definition) is 1. The molecule has 0 radical (unpaired) electrons. The van der Waals surface area contributed by atoms with Crippen LogP contribution in [0.2, 0.25) is 5.02 Å². The second-order valence-corrected chi connectivity index (χ2v) is 5.36. The number of carbonyl (C=O) groups is 1. The predicted molar refractivity (Wildman–Crippen MR) is 84.6 cm³/mol. The molecule has 0 aromatic heterocycles. The summed E-state index contributed by atoms with van der Waals surface area (Å²) >= 11 is 5.82. The van der Waals surface area contributed by atoms with E-state index in [0.29, 0.717) is 17.3 Å². The van der Waals surface area contributed by atoms with Crippen molar-refractivity contribution < 1.29 is 9.53 Å². The monoisotopic (exact) mass is 303 g/mol. The first-order valence-corrected chi connectivity index (χ1v) is 7.18. The lowest BCUT2D eigenvalue weighted by atomic mass is 10.2. The molecule has 1 N–H and O–H groups in total. The normalized spacial score (nSPS) is 11.8. The lowest BCUT2D eigenvalue weighted by molar-refractivity contribution is -0.127. The van der Waals surface area contributed by atoms with Crippen LogP contribution < -0.4 is 10.1 Å². The summed E-state index contributed by atoms with van der Waals surface area (Å²) in [4.78, 5) is 12.0. The van der Waals surface area contributed by atoms with Crippen LogP contribution in [0.15, 0.2) is 48.5 Å². The summed E-state index contributed by atoms with van der Waals surface area (Å²) in [6, 6.07) is 15.0. The van der Waals surface area contributed by atoms with Gasteiger partial charge in [0.1, 0.15) is 5.75 Å². The Morgan fingerprint density at radius 1 is 1.24 bits per heavy atom. The number of halogens is 1. The maximum Gasteiger partial charge on any atom is 0.261 e. The molecule has 0 aliphatic heterocycles. The highest BCUT2D eigenvalue weighted by atomic mass is 35.5. The molecule has 0 bridgehead atoms. The van der Waals surface area contributed by atoms with Crippen molar-refractivity contribution >= 4 is 17.5 Å². The SMILES string of the molecule is Cc1cccc(O[C@H](C)C(=O)NCc2ccc(Cl)cc2)c1. The third-order valence-electron chi connectivity index (χ3n) is 3.05. The zero-order chi connectivity index (χ0) is 15.2. The van der Waals surface area contributed by atoms with Gasteiger partial charge in [0.25, 0.3) is 5.91 Å². The van der Waals surface area contributed by atoms with Gasteiger partial charge in [-0.05, 0) is 49.2 Å². The van der Waals surface area contributed by atoms with E-state index in [1.807, 2.05) is 43.3 Å². The number of benzene rings is 2. The Morgan fingerprint density at radius 3 is 2.62 bits per heavy atom. The molecule has 1 amide bonds. The molecule has 0 heterocycles. The fourth-order valence-electron chi connectivity index (χ4n) is 1.88. The number of nitrogens with one attached hydrogen (secondary N) is 1. The number of aryl methyl sites for hydroxylation is 1. The molecule has 0 unspecified atom stereocenters. The zero-order valence-electron chi connectivity index (χ0n) is 12.1. The number of hydrogen-bond acceptors (Lipinski definition) is 2. The molecule has 3 nitrogen and oxygen atoms in total. The van der Waals surface area contributed by atoms with Crippen molar-refractivity contribution in [3.8, 4) is 5.75 Å². The maximum absolute atomic E-state index is 12.0. The fraction of sp³-hybridized carbons (Fsp3) is 0.235. The second kappa shape index (κ2) is 7.14. The van der Waals surface area contributed by atoms with Gasteiger partial charge in [0.05, 0.1) is 0 Å². The van der Waals surface area contributed by atoms with Gasteiger partial charge in [-0.1, -0.05) is 35.9 Å². The van der Waals surface area contributed by atoms with Gasteiger partial charge in [0, 0.05) is 11.6 Å². The van der Waals surface area contributed by atoms with Crippen LogP contribution in [0.25, 0.3) is 0 Å². The minimum Gasteiger partial charge on any atom is -0.481 e. The van der Waals surface area contributed by atoms with E-state index in [9.17, 15) is 4.79 Å². The van der Waals surface area contributed by atoms with Crippen LogP contribution in [-0.4, -0.2) is 12.0 Å². The number of amides is 1. The number of carbonyl (C=O) groups excluding carboxylic acids is 1. The average molecular weight is 304 g/mol. The van der Waals surface area contributed by atoms with E-state index in [1.54, 1.807) is 19.1 Å². The molecule has 0 saturated heterocycles. The first kappa shape index (κ1) is 15.4. The first-order valence-electron chi connectivity index (χ1n) is 6.80. The number of rotatable bonds is 5. The van der Waals surface area contributed by atoms with E-state index in [-0.39, 0.29) is 5.91 Å². The maximum atomic E-state index is 12.0. The van der Waals surface area contributed by atoms with Gasteiger partial charge in [-0.2, -0.15) is 0 Å². The Balaban J connectivity index is 1.86. The van der Waals surface area contributed by atoms with Crippen molar-refractivity contribution in [2.75, 3.05) is 0 Å². The topological polar surface area (TPSA) is 38.3 Å². The van der Waals surface area contributed by atoms with Crippen LogP contribution in [0.3, 0.4) is 0 Å². The van der Waals surface area contributed by atoms with E-state index in [2.05, 4.69) is 5.32 Å². The minimum atomic E-state index is -0.542. The molecule has 0 saturated carbocycles. The molecule has 0 fully saturated rings. The molecule has 1 atom stereocenters. The molecule has 21 heavy (non-hydrogen) atoms. The molecule has 0 spiro atoms. The van der Waals surface area contributed by atoms with Crippen LogP contribution in [0, 0.1) is 6.92 Å². The van der Waals surface area contributed by atoms with Gasteiger partial charge in [0.2, 0.25) is 0 Å². The molecule has 110 valence electrons. The third kappa shape index (κ3) is 4.80. The Labute approximate surface area is 129 Å². The standard InChI is InChI=1S/C17H18ClNO2/c1-12-4-3-5-16(10-12)21-13(2)17(20)19-11-14-6-8-15(18)9-7-14/h3-10,13H,11H2,1-2H3,(H,19,20)/t13-/m1/s1. The largest absolute Gasteiger partial charge is 0.481 e. The van der Waals surface area contributed by atoms with E-state index in [1.165, 1.54) is 0 Å². The van der Waals surface area contributed by atoms with Crippen molar-refractivity contribution in [1.82, 2.24) is 5.32 Å². The molecule has 4 heteroatoms. The summed E-state index contributed by atoms with van der Waals surface area (Å²) in [6.07, 6.45) is -0.542. The molecule has 0 aliphatic rings. The van der Waals surface area contributed by atoms with Gasteiger partial charge in [0.15, 0.2) is 6.10 Å². The van der Waals surface area contributed by atoms with E-state index in [0.717, 1.165) is 11.1 Å². The smallest absolute Gasteiger partial charge is 0.261 e. The van der Waals surface area contributed by atoms with Gasteiger partial charge in [-0.3, -0.25) is 4.79 Å². The number of ether oxygens (including phenoxy) is 1. The lowest BCUT2D eigenvalue weighted by Gasteiger charge is -2.15. The summed E-state index contributed by atoms with van der Waals surface area (Å²) in [6.45, 7) is 4.18. The fourth-order valence-corrected chi connectivity index (χ4v) is 2.01. The summed E-state index contributed by atoms with van der Waals surface area (Å²) in [5, 5.41) is 3.53. The molecule has 2 rings (SSSR count). The average Bonchev–Trinajstić information content (AvgIpc) is 2.46. The predicted octanol–water partition coefficient (Wildman–Crippen LogP) is 3.73. The van der Waals surface area contributed by atoms with E-state index in [4.69, 9.17) is 16.3 Å². The van der Waals surface area contributed by atoms with Gasteiger partial charge in [-0.15, -0.1) is 0 Å². The summed E-state index contributed by atoms with van der Waals surface area (Å²) in [5.74, 6) is 0.551. The summed E-state index contributed by atoms with van der Waals surface area (Å²) in [7, 11) is 0. The molecule has 2 aromatic carbocycles. The zero-order valence-corrected chi connectivity index (χ0v) is 12.9. The van der Waals surface area contributed by atoms with Crippen LogP contribution in [-0.2, 0) is 11.3 Å². The van der Waals surface area contributed by atoms with Crippen molar-refractivity contribution in [1.29, 1.82) is 0 Å². The highest BCUT2D eigenvalue weighted by molar-refractivity contribution is 6.30. The Kier molecular flexibility index (Phi) is 5.23. The van der Waals surface area contributed by atoms with Crippen molar-refractivity contribution in [2.45, 2.75) is 26.5 Å². The highest BCUT2D eigenvalue weighted by Crippen LogP contribution is 2.14. The van der Waals surface area contributed by atoms with E-state index >= 15 is 0 Å². The van der Waals surface area contributed by atoms with Crippen LogP contribution >= 0.6 is 11.6 Å². The van der Waals surface area contributed by atoms with Gasteiger partial charge >= 0.3 is 0 Å².